The first-order valence-electron chi connectivity index (χ1n) is 6.33. The van der Waals surface area contributed by atoms with Crippen molar-refractivity contribution in [3.63, 3.8) is 0 Å². The first-order chi connectivity index (χ1) is 10.2. The number of methoxy groups -OCH3 is 2. The molecule has 0 unspecified atom stereocenters. The molecule has 0 fully saturated rings. The lowest BCUT2D eigenvalue weighted by Crippen LogP contribution is -2.02. The van der Waals surface area contributed by atoms with Gasteiger partial charge in [0.25, 0.3) is 0 Å². The minimum Gasteiger partial charge on any atom is -0.497 e. The first kappa shape index (κ1) is 13.2. The van der Waals surface area contributed by atoms with E-state index in [9.17, 15) is 9.90 Å². The summed E-state index contributed by atoms with van der Waals surface area (Å²) in [5, 5.41) is 10.7. The Labute approximate surface area is 120 Å². The number of carbonyl (C=O) groups is 1. The predicted octanol–water partition coefficient (Wildman–Crippen LogP) is 3.10. The Morgan fingerprint density at radius 1 is 1.10 bits per heavy atom. The molecule has 3 rings (SSSR count). The molecule has 1 aromatic heterocycles. The van der Waals surface area contributed by atoms with Gasteiger partial charge in [-0.05, 0) is 24.3 Å². The van der Waals surface area contributed by atoms with Gasteiger partial charge in [-0.15, -0.1) is 0 Å². The molecule has 106 valence electrons. The molecule has 0 spiro atoms. The smallest absolute Gasteiger partial charge is 0.337 e. The van der Waals surface area contributed by atoms with E-state index in [2.05, 4.69) is 4.98 Å². The number of rotatable bonds is 3. The molecule has 1 N–H and O–H groups in total. The molecule has 0 aliphatic carbocycles. The van der Waals surface area contributed by atoms with E-state index in [0.29, 0.717) is 33.3 Å². The quantitative estimate of drug-likeness (QED) is 0.748. The average Bonchev–Trinajstić information content (AvgIpc) is 2.50. The third-order valence-electron chi connectivity index (χ3n) is 3.40. The molecule has 0 saturated carbocycles. The fraction of sp³-hybridized carbons (Fsp3) is 0.125. The molecule has 0 radical (unpaired) electrons. The SMILES string of the molecule is COc1ccc2c(C(=O)O)c3c(OC)cccc3nc2c1. The Balaban J connectivity index is 2.53. The highest BCUT2D eigenvalue weighted by molar-refractivity contribution is 6.15. The second kappa shape index (κ2) is 4.94. The summed E-state index contributed by atoms with van der Waals surface area (Å²) in [5.41, 5.74) is 1.34. The number of pyridine rings is 1. The van der Waals surface area contributed by atoms with E-state index in [0.717, 1.165) is 0 Å². The van der Waals surface area contributed by atoms with Crippen LogP contribution in [-0.2, 0) is 0 Å². The van der Waals surface area contributed by atoms with Gasteiger partial charge in [0.05, 0.1) is 36.2 Å². The van der Waals surface area contributed by atoms with Crippen LogP contribution in [0.15, 0.2) is 36.4 Å². The van der Waals surface area contributed by atoms with Crippen molar-refractivity contribution in [2.45, 2.75) is 0 Å². The number of aromatic nitrogens is 1. The van der Waals surface area contributed by atoms with Crippen LogP contribution >= 0.6 is 0 Å². The average molecular weight is 283 g/mol. The van der Waals surface area contributed by atoms with E-state index in [1.165, 1.54) is 7.11 Å². The predicted molar refractivity (Wildman–Crippen MR) is 79.3 cm³/mol. The van der Waals surface area contributed by atoms with Crippen molar-refractivity contribution in [1.82, 2.24) is 4.98 Å². The van der Waals surface area contributed by atoms with Crippen LogP contribution in [0.25, 0.3) is 21.8 Å². The summed E-state index contributed by atoms with van der Waals surface area (Å²) in [7, 11) is 3.07. The van der Waals surface area contributed by atoms with Crippen molar-refractivity contribution < 1.29 is 19.4 Å². The zero-order chi connectivity index (χ0) is 15.0. The Bertz CT molecular complexity index is 857. The Morgan fingerprint density at radius 2 is 1.90 bits per heavy atom. The highest BCUT2D eigenvalue weighted by Crippen LogP contribution is 2.33. The van der Waals surface area contributed by atoms with E-state index < -0.39 is 5.97 Å². The maximum Gasteiger partial charge on any atom is 0.337 e. The van der Waals surface area contributed by atoms with Crippen LogP contribution in [-0.4, -0.2) is 30.3 Å². The minimum absolute atomic E-state index is 0.190. The highest BCUT2D eigenvalue weighted by Gasteiger charge is 2.18. The van der Waals surface area contributed by atoms with Crippen LogP contribution in [0.1, 0.15) is 10.4 Å². The van der Waals surface area contributed by atoms with E-state index in [4.69, 9.17) is 9.47 Å². The van der Waals surface area contributed by atoms with Gasteiger partial charge in [0.15, 0.2) is 0 Å². The number of aromatic carboxylic acids is 1. The van der Waals surface area contributed by atoms with Crippen molar-refractivity contribution >= 4 is 27.8 Å². The minimum atomic E-state index is -1.01. The fourth-order valence-electron chi connectivity index (χ4n) is 2.46. The number of benzene rings is 2. The third kappa shape index (κ3) is 2.03. The van der Waals surface area contributed by atoms with Gasteiger partial charge in [0.1, 0.15) is 11.5 Å². The highest BCUT2D eigenvalue weighted by atomic mass is 16.5. The molecule has 21 heavy (non-hydrogen) atoms. The maximum absolute atomic E-state index is 11.7. The summed E-state index contributed by atoms with van der Waals surface area (Å²) >= 11 is 0. The van der Waals surface area contributed by atoms with E-state index in [1.54, 1.807) is 43.5 Å². The van der Waals surface area contributed by atoms with Crippen LogP contribution in [0.5, 0.6) is 11.5 Å². The van der Waals surface area contributed by atoms with Gasteiger partial charge in [0.2, 0.25) is 0 Å². The number of carboxylic acid groups (broad SMARTS) is 1. The molecule has 5 nitrogen and oxygen atoms in total. The number of hydrogen-bond acceptors (Lipinski definition) is 4. The standard InChI is InChI=1S/C16H13NO4/c1-20-9-6-7-10-12(8-9)17-11-4-3-5-13(21-2)15(11)14(10)16(18)19/h3-8H,1-2H3,(H,18,19). The lowest BCUT2D eigenvalue weighted by Gasteiger charge is -2.11. The van der Waals surface area contributed by atoms with E-state index in [1.807, 2.05) is 0 Å². The molecule has 0 aliphatic heterocycles. The lowest BCUT2D eigenvalue weighted by atomic mass is 10.0. The number of ether oxygens (including phenoxy) is 2. The van der Waals surface area contributed by atoms with Crippen LogP contribution in [0, 0.1) is 0 Å². The van der Waals surface area contributed by atoms with Crippen molar-refractivity contribution in [3.8, 4) is 11.5 Å². The first-order valence-corrected chi connectivity index (χ1v) is 6.33. The summed E-state index contributed by atoms with van der Waals surface area (Å²) in [5.74, 6) is 0.116. The zero-order valence-electron chi connectivity index (χ0n) is 11.6. The van der Waals surface area contributed by atoms with Crippen LogP contribution in [0.2, 0.25) is 0 Å². The second-order valence-electron chi connectivity index (χ2n) is 4.53. The molecular formula is C16H13NO4. The summed E-state index contributed by atoms with van der Waals surface area (Å²) in [6.45, 7) is 0. The molecule has 0 saturated heterocycles. The Morgan fingerprint density at radius 3 is 2.57 bits per heavy atom. The van der Waals surface area contributed by atoms with Crippen LogP contribution < -0.4 is 9.47 Å². The maximum atomic E-state index is 11.7. The summed E-state index contributed by atoms with van der Waals surface area (Å²) in [6.07, 6.45) is 0. The number of fused-ring (bicyclic) bond motifs is 2. The lowest BCUT2D eigenvalue weighted by molar-refractivity contribution is 0.0701. The van der Waals surface area contributed by atoms with E-state index >= 15 is 0 Å². The molecule has 2 aromatic carbocycles. The van der Waals surface area contributed by atoms with Gasteiger partial charge in [-0.3, -0.25) is 0 Å². The number of carboxylic acids is 1. The normalized spacial score (nSPS) is 10.8. The van der Waals surface area contributed by atoms with Crippen molar-refractivity contribution in [2.24, 2.45) is 0 Å². The second-order valence-corrected chi connectivity index (χ2v) is 4.53. The Kier molecular flexibility index (Phi) is 3.10. The monoisotopic (exact) mass is 283 g/mol. The van der Waals surface area contributed by atoms with Crippen molar-refractivity contribution in [3.05, 3.63) is 42.0 Å². The largest absolute Gasteiger partial charge is 0.497 e. The van der Waals surface area contributed by atoms with E-state index in [-0.39, 0.29) is 5.56 Å². The Hall–Kier alpha value is -2.82. The van der Waals surface area contributed by atoms with Gasteiger partial charge < -0.3 is 14.6 Å². The van der Waals surface area contributed by atoms with Crippen LogP contribution in [0.4, 0.5) is 0 Å². The zero-order valence-corrected chi connectivity index (χ0v) is 11.6. The van der Waals surface area contributed by atoms with Gasteiger partial charge in [-0.25, -0.2) is 9.78 Å². The molecule has 0 amide bonds. The molecule has 1 heterocycles. The topological polar surface area (TPSA) is 68.7 Å². The third-order valence-corrected chi connectivity index (χ3v) is 3.40. The molecular weight excluding hydrogens is 270 g/mol. The van der Waals surface area contributed by atoms with Gasteiger partial charge in [0, 0.05) is 11.5 Å². The molecule has 3 aromatic rings. The summed E-state index contributed by atoms with van der Waals surface area (Å²) < 4.78 is 10.5. The molecule has 5 heteroatoms. The van der Waals surface area contributed by atoms with Gasteiger partial charge >= 0.3 is 5.97 Å². The fourth-order valence-corrected chi connectivity index (χ4v) is 2.46. The molecule has 0 aliphatic rings. The number of nitrogens with zero attached hydrogens (tertiary/aromatic N) is 1. The molecule has 0 atom stereocenters. The van der Waals surface area contributed by atoms with Crippen molar-refractivity contribution in [2.75, 3.05) is 14.2 Å². The van der Waals surface area contributed by atoms with Gasteiger partial charge in [-0.2, -0.15) is 0 Å². The van der Waals surface area contributed by atoms with Crippen LogP contribution in [0.3, 0.4) is 0 Å². The van der Waals surface area contributed by atoms with Gasteiger partial charge in [-0.1, -0.05) is 6.07 Å². The summed E-state index contributed by atoms with van der Waals surface area (Å²) in [4.78, 5) is 16.3. The number of hydrogen-bond donors (Lipinski definition) is 1. The summed E-state index contributed by atoms with van der Waals surface area (Å²) in [6, 6.07) is 10.4. The van der Waals surface area contributed by atoms with Crippen molar-refractivity contribution in [1.29, 1.82) is 0 Å². The molecule has 0 bridgehead atoms.